The van der Waals surface area contributed by atoms with Crippen molar-refractivity contribution in [3.05, 3.63) is 59.0 Å². The van der Waals surface area contributed by atoms with Gasteiger partial charge in [-0.3, -0.25) is 19.2 Å². The molecule has 1 aliphatic heterocycles. The van der Waals surface area contributed by atoms with Crippen LogP contribution in [-0.4, -0.2) is 66.5 Å². The molecule has 1 aromatic heterocycles. The molecule has 2 heterocycles. The number of fused-ring (bicyclic) bond motifs is 1. The molecule has 0 aliphatic carbocycles. The number of nitrogens with one attached hydrogen (secondary N) is 1. The summed E-state index contributed by atoms with van der Waals surface area (Å²) in [6.07, 6.45) is 0.437. The number of hydrogen-bond acceptors (Lipinski definition) is 8. The molecule has 1 atom stereocenters. The molecule has 1 fully saturated rings. The first-order chi connectivity index (χ1) is 20.1. The summed E-state index contributed by atoms with van der Waals surface area (Å²) in [6.45, 7) is 1.31. The highest BCUT2D eigenvalue weighted by molar-refractivity contribution is 6.04. The maximum absolute atomic E-state index is 14.4. The standard InChI is InChI=1S/C29H30F3N3O7/c1-3-6-17-19(30)13-20(31)25(32)27(17)41-15-22(36)21(14-24(37)40-2)33-28(38)16-9-11-35(12-10-16)29(39)26-18-7-4-5-8-23(18)42-34-26/h4-5,7-8,13,16,21H,3,6,9-12,14-15H2,1-2H3,(H,33,38)/t21-/m0/s1. The lowest BCUT2D eigenvalue weighted by atomic mass is 9.94. The molecular formula is C29H30F3N3O7. The molecule has 1 saturated heterocycles. The predicted octanol–water partition coefficient (Wildman–Crippen LogP) is 3.75. The Hall–Kier alpha value is -4.42. The van der Waals surface area contributed by atoms with E-state index in [1.54, 1.807) is 36.1 Å². The van der Waals surface area contributed by atoms with Gasteiger partial charge < -0.3 is 24.2 Å². The van der Waals surface area contributed by atoms with Gasteiger partial charge in [-0.2, -0.15) is 4.39 Å². The van der Waals surface area contributed by atoms with Gasteiger partial charge >= 0.3 is 5.97 Å². The van der Waals surface area contributed by atoms with Crippen molar-refractivity contribution in [2.24, 2.45) is 5.92 Å². The number of Topliss-reactive ketones (excluding diaryl/α,β-unsaturated/α-hetero) is 1. The summed E-state index contributed by atoms with van der Waals surface area (Å²) in [6, 6.07) is 5.96. The molecule has 4 rings (SSSR count). The van der Waals surface area contributed by atoms with Gasteiger partial charge in [-0.25, -0.2) is 8.78 Å². The topological polar surface area (TPSA) is 128 Å². The van der Waals surface area contributed by atoms with Crippen LogP contribution in [0.3, 0.4) is 0 Å². The van der Waals surface area contributed by atoms with E-state index in [1.165, 1.54) is 0 Å². The van der Waals surface area contributed by atoms with E-state index in [-0.39, 0.29) is 49.5 Å². The number of aromatic nitrogens is 1. The number of hydrogen-bond donors (Lipinski definition) is 1. The van der Waals surface area contributed by atoms with E-state index in [9.17, 15) is 32.3 Å². The Labute approximate surface area is 239 Å². The smallest absolute Gasteiger partial charge is 0.308 e. The quantitative estimate of drug-likeness (QED) is 0.265. The molecule has 0 radical (unpaired) electrons. The fourth-order valence-electron chi connectivity index (χ4n) is 4.81. The van der Waals surface area contributed by atoms with Crippen molar-refractivity contribution in [2.75, 3.05) is 26.8 Å². The zero-order valence-electron chi connectivity index (χ0n) is 23.1. The van der Waals surface area contributed by atoms with Crippen molar-refractivity contribution < 1.29 is 46.3 Å². The summed E-state index contributed by atoms with van der Waals surface area (Å²) >= 11 is 0. The van der Waals surface area contributed by atoms with Crippen LogP contribution in [0.2, 0.25) is 0 Å². The van der Waals surface area contributed by atoms with Gasteiger partial charge in [0.25, 0.3) is 5.91 Å². The predicted molar refractivity (Wildman–Crippen MR) is 142 cm³/mol. The number of carbonyl (C=O) groups excluding carboxylic acids is 4. The maximum Gasteiger partial charge on any atom is 0.308 e. The largest absolute Gasteiger partial charge is 0.482 e. The highest BCUT2D eigenvalue weighted by Gasteiger charge is 2.33. The summed E-state index contributed by atoms with van der Waals surface area (Å²) in [7, 11) is 1.11. The van der Waals surface area contributed by atoms with Crippen molar-refractivity contribution in [3.8, 4) is 5.75 Å². The molecule has 2 aromatic carbocycles. The van der Waals surface area contributed by atoms with Gasteiger partial charge in [0.2, 0.25) is 11.7 Å². The fraction of sp³-hybridized carbons (Fsp3) is 0.414. The van der Waals surface area contributed by atoms with Gasteiger partial charge in [-0.05, 0) is 31.4 Å². The first kappa shape index (κ1) is 30.5. The van der Waals surface area contributed by atoms with Crippen LogP contribution in [0.1, 0.15) is 48.7 Å². The maximum atomic E-state index is 14.4. The third kappa shape index (κ3) is 6.72. The fourth-order valence-corrected chi connectivity index (χ4v) is 4.81. The number of amides is 2. The SMILES string of the molecule is CCCc1c(F)cc(F)c(F)c1OCC(=O)[C@H](CC(=O)OC)NC(=O)C1CCN(C(=O)c2noc3ccccc23)CC1. The lowest BCUT2D eigenvalue weighted by molar-refractivity contribution is -0.143. The van der Waals surface area contributed by atoms with Crippen LogP contribution in [0.25, 0.3) is 11.0 Å². The Morgan fingerprint density at radius 1 is 1.12 bits per heavy atom. The van der Waals surface area contributed by atoms with Gasteiger partial charge in [-0.1, -0.05) is 30.6 Å². The minimum Gasteiger partial charge on any atom is -0.482 e. The van der Waals surface area contributed by atoms with E-state index in [2.05, 4.69) is 15.2 Å². The van der Waals surface area contributed by atoms with E-state index in [0.29, 0.717) is 23.5 Å². The molecule has 0 unspecified atom stereocenters. The van der Waals surface area contributed by atoms with Crippen LogP contribution in [0.4, 0.5) is 13.2 Å². The highest BCUT2D eigenvalue weighted by Crippen LogP contribution is 2.29. The number of esters is 1. The summed E-state index contributed by atoms with van der Waals surface area (Å²) in [4.78, 5) is 52.6. The number of likely N-dealkylation sites (tertiary alicyclic amines) is 1. The van der Waals surface area contributed by atoms with E-state index in [4.69, 9.17) is 9.26 Å². The Bertz CT molecular complexity index is 1480. The Balaban J connectivity index is 1.39. The zero-order chi connectivity index (χ0) is 30.4. The minimum absolute atomic E-state index is 0.0307. The van der Waals surface area contributed by atoms with Gasteiger partial charge in [-0.15, -0.1) is 0 Å². The van der Waals surface area contributed by atoms with Crippen LogP contribution in [0, 0.1) is 23.4 Å². The number of nitrogens with zero attached hydrogens (tertiary/aromatic N) is 2. The average molecular weight is 590 g/mol. The summed E-state index contributed by atoms with van der Waals surface area (Å²) < 4.78 is 57.6. The van der Waals surface area contributed by atoms with Crippen LogP contribution in [0.5, 0.6) is 5.75 Å². The number of halogens is 3. The summed E-state index contributed by atoms with van der Waals surface area (Å²) in [5, 5.41) is 6.98. The monoisotopic (exact) mass is 589 g/mol. The third-order valence-corrected chi connectivity index (χ3v) is 7.12. The number of methoxy groups -OCH3 is 1. The molecule has 224 valence electrons. The first-order valence-electron chi connectivity index (χ1n) is 13.5. The van der Waals surface area contributed by atoms with E-state index < -0.39 is 65.8 Å². The van der Waals surface area contributed by atoms with Crippen LogP contribution < -0.4 is 10.1 Å². The number of benzene rings is 2. The van der Waals surface area contributed by atoms with Gasteiger partial charge in [0, 0.05) is 30.6 Å². The lowest BCUT2D eigenvalue weighted by Gasteiger charge is -2.31. The summed E-state index contributed by atoms with van der Waals surface area (Å²) in [5.74, 6) is -7.75. The van der Waals surface area contributed by atoms with Gasteiger partial charge in [0.1, 0.15) is 18.5 Å². The molecule has 0 bridgehead atoms. The molecule has 3 aromatic rings. The third-order valence-electron chi connectivity index (χ3n) is 7.12. The molecule has 1 N–H and O–H groups in total. The molecule has 0 saturated carbocycles. The molecule has 10 nitrogen and oxygen atoms in total. The van der Waals surface area contributed by atoms with E-state index in [1.807, 2.05) is 0 Å². The Kier molecular flexibility index (Phi) is 9.81. The number of para-hydroxylation sites is 1. The number of carbonyl (C=O) groups is 4. The van der Waals surface area contributed by atoms with Gasteiger partial charge in [0.05, 0.1) is 18.9 Å². The first-order valence-corrected chi connectivity index (χ1v) is 13.5. The second kappa shape index (κ2) is 13.5. The highest BCUT2D eigenvalue weighted by atomic mass is 19.2. The molecule has 13 heteroatoms. The number of ketones is 1. The minimum atomic E-state index is -1.48. The Morgan fingerprint density at radius 2 is 1.83 bits per heavy atom. The average Bonchev–Trinajstić information content (AvgIpc) is 3.43. The van der Waals surface area contributed by atoms with Crippen molar-refractivity contribution in [1.82, 2.24) is 15.4 Å². The van der Waals surface area contributed by atoms with Crippen LogP contribution in [-0.2, 0) is 25.5 Å². The molecular weight excluding hydrogens is 559 g/mol. The van der Waals surface area contributed by atoms with Crippen LogP contribution >= 0.6 is 0 Å². The summed E-state index contributed by atoms with van der Waals surface area (Å²) in [5.41, 5.74) is 0.430. The zero-order valence-corrected chi connectivity index (χ0v) is 23.1. The number of piperidine rings is 1. The molecule has 42 heavy (non-hydrogen) atoms. The molecule has 1 aliphatic rings. The van der Waals surface area contributed by atoms with E-state index in [0.717, 1.165) is 7.11 Å². The lowest BCUT2D eigenvalue weighted by Crippen LogP contribution is -2.49. The van der Waals surface area contributed by atoms with E-state index >= 15 is 0 Å². The van der Waals surface area contributed by atoms with Crippen molar-refractivity contribution in [1.29, 1.82) is 0 Å². The second-order valence-corrected chi connectivity index (χ2v) is 9.90. The second-order valence-electron chi connectivity index (χ2n) is 9.90. The number of rotatable bonds is 11. The van der Waals surface area contributed by atoms with Crippen molar-refractivity contribution >= 4 is 34.5 Å². The normalized spacial score (nSPS) is 14.5. The Morgan fingerprint density at radius 3 is 2.52 bits per heavy atom. The molecule has 0 spiro atoms. The molecule has 2 amide bonds. The van der Waals surface area contributed by atoms with Crippen molar-refractivity contribution in [3.63, 3.8) is 0 Å². The number of ether oxygens (including phenoxy) is 2. The van der Waals surface area contributed by atoms with Crippen LogP contribution in [0.15, 0.2) is 34.9 Å². The van der Waals surface area contributed by atoms with Gasteiger partial charge in [0.15, 0.2) is 28.6 Å². The van der Waals surface area contributed by atoms with Crippen molar-refractivity contribution in [2.45, 2.75) is 45.1 Å².